The van der Waals surface area contributed by atoms with E-state index >= 15 is 0 Å². The number of thiophene rings is 1. The summed E-state index contributed by atoms with van der Waals surface area (Å²) in [7, 11) is 0. The van der Waals surface area contributed by atoms with Gasteiger partial charge in [0.05, 0.1) is 0 Å². The molecule has 0 amide bonds. The third-order valence-corrected chi connectivity index (χ3v) is 6.43. The van der Waals surface area contributed by atoms with Gasteiger partial charge in [0.25, 0.3) is 0 Å². The molecule has 3 unspecified atom stereocenters. The number of hydrogen-bond donors (Lipinski definition) is 1. The van der Waals surface area contributed by atoms with E-state index in [9.17, 15) is 0 Å². The van der Waals surface area contributed by atoms with Crippen molar-refractivity contribution in [2.75, 3.05) is 0 Å². The highest BCUT2D eigenvalue weighted by molar-refractivity contribution is 9.10. The Balaban J connectivity index is 2.06. The summed E-state index contributed by atoms with van der Waals surface area (Å²) in [6, 6.07) is 3.26. The largest absolute Gasteiger partial charge is 0.306 e. The molecule has 0 bridgehead atoms. The summed E-state index contributed by atoms with van der Waals surface area (Å²) >= 11 is 5.50. The fraction of sp³-hybridized carbons (Fsp3) is 0.750. The molecule has 0 saturated heterocycles. The molecular formula is C16H26BrNS. The molecule has 0 radical (unpaired) electrons. The van der Waals surface area contributed by atoms with Crippen molar-refractivity contribution in [3.05, 3.63) is 20.8 Å². The van der Waals surface area contributed by atoms with Crippen LogP contribution in [0.25, 0.3) is 0 Å². The molecule has 0 aliphatic heterocycles. The van der Waals surface area contributed by atoms with Gasteiger partial charge in [-0.2, -0.15) is 0 Å². The Labute approximate surface area is 130 Å². The van der Waals surface area contributed by atoms with Gasteiger partial charge in [-0.25, -0.2) is 0 Å². The van der Waals surface area contributed by atoms with Gasteiger partial charge in [-0.05, 0) is 58.5 Å². The van der Waals surface area contributed by atoms with Gasteiger partial charge >= 0.3 is 0 Å². The number of rotatable bonds is 3. The lowest BCUT2D eigenvalue weighted by Crippen LogP contribution is -2.45. The molecule has 108 valence electrons. The first-order valence-electron chi connectivity index (χ1n) is 7.38. The monoisotopic (exact) mass is 343 g/mol. The van der Waals surface area contributed by atoms with Crippen LogP contribution in [0.4, 0.5) is 0 Å². The summed E-state index contributed by atoms with van der Waals surface area (Å²) in [5.74, 6) is 0.794. The summed E-state index contributed by atoms with van der Waals surface area (Å²) in [5.41, 5.74) is 0.407. The minimum Gasteiger partial charge on any atom is -0.306 e. The molecule has 1 aliphatic rings. The molecule has 19 heavy (non-hydrogen) atoms. The topological polar surface area (TPSA) is 12.0 Å². The first kappa shape index (κ1) is 15.5. The lowest BCUT2D eigenvalue weighted by Gasteiger charge is -2.42. The van der Waals surface area contributed by atoms with E-state index < -0.39 is 0 Å². The minimum atomic E-state index is 0.407. The molecule has 1 aromatic rings. The number of hydrogen-bond acceptors (Lipinski definition) is 2. The molecule has 1 fully saturated rings. The van der Waals surface area contributed by atoms with Crippen LogP contribution >= 0.6 is 27.3 Å². The molecule has 1 nitrogen and oxygen atoms in total. The molecule has 0 aromatic carbocycles. The highest BCUT2D eigenvalue weighted by Crippen LogP contribution is 2.39. The van der Waals surface area contributed by atoms with E-state index in [1.54, 1.807) is 0 Å². The maximum absolute atomic E-state index is 3.90. The van der Waals surface area contributed by atoms with E-state index in [0.29, 0.717) is 17.5 Å². The Morgan fingerprint density at radius 2 is 2.00 bits per heavy atom. The fourth-order valence-corrected chi connectivity index (χ4v) is 5.11. The maximum atomic E-state index is 3.90. The normalized spacial score (nSPS) is 26.4. The minimum absolute atomic E-state index is 0.407. The molecule has 0 spiro atoms. The molecule has 1 aromatic heterocycles. The summed E-state index contributed by atoms with van der Waals surface area (Å²) in [6.07, 6.45) is 5.48. The molecule has 1 saturated carbocycles. The Kier molecular flexibility index (Phi) is 5.13. The van der Waals surface area contributed by atoms with Gasteiger partial charge in [0, 0.05) is 21.4 Å². The zero-order valence-corrected chi connectivity index (χ0v) is 14.9. The lowest BCUT2D eigenvalue weighted by atomic mass is 9.69. The first-order chi connectivity index (χ1) is 8.89. The second-order valence-corrected chi connectivity index (χ2v) is 8.69. The Morgan fingerprint density at radius 1 is 1.32 bits per heavy atom. The molecule has 1 heterocycles. The van der Waals surface area contributed by atoms with Crippen LogP contribution in [-0.4, -0.2) is 6.04 Å². The van der Waals surface area contributed by atoms with E-state index in [1.165, 1.54) is 35.0 Å². The fourth-order valence-electron chi connectivity index (χ4n) is 3.38. The van der Waals surface area contributed by atoms with Crippen molar-refractivity contribution in [1.29, 1.82) is 0 Å². The van der Waals surface area contributed by atoms with Crippen LogP contribution in [0.15, 0.2) is 15.9 Å². The van der Waals surface area contributed by atoms with Crippen molar-refractivity contribution in [1.82, 2.24) is 5.32 Å². The van der Waals surface area contributed by atoms with E-state index in [-0.39, 0.29) is 0 Å². The standard InChI is InChI=1S/C16H26BrNS/c1-11(15-13(17)9-10-19-15)18-14-8-6-5-7-12(14)16(2,3)4/h9-12,14,18H,5-8H2,1-4H3. The van der Waals surface area contributed by atoms with Crippen molar-refractivity contribution in [2.24, 2.45) is 11.3 Å². The zero-order chi connectivity index (χ0) is 14.0. The van der Waals surface area contributed by atoms with Crippen molar-refractivity contribution < 1.29 is 0 Å². The molecule has 3 heteroatoms. The predicted molar refractivity (Wildman–Crippen MR) is 88.8 cm³/mol. The summed E-state index contributed by atoms with van der Waals surface area (Å²) in [4.78, 5) is 1.43. The van der Waals surface area contributed by atoms with E-state index in [1.807, 2.05) is 11.3 Å². The van der Waals surface area contributed by atoms with E-state index in [0.717, 1.165) is 5.92 Å². The van der Waals surface area contributed by atoms with Gasteiger partial charge in [0.15, 0.2) is 0 Å². The third kappa shape index (κ3) is 3.83. The van der Waals surface area contributed by atoms with Gasteiger partial charge in [-0.3, -0.25) is 0 Å². The smallest absolute Gasteiger partial charge is 0.0399 e. The second-order valence-electron chi connectivity index (χ2n) is 6.88. The van der Waals surface area contributed by atoms with Crippen molar-refractivity contribution >= 4 is 27.3 Å². The van der Waals surface area contributed by atoms with Crippen molar-refractivity contribution in [2.45, 2.75) is 65.5 Å². The first-order valence-corrected chi connectivity index (χ1v) is 9.06. The van der Waals surface area contributed by atoms with Gasteiger partial charge in [-0.1, -0.05) is 33.6 Å². The molecule has 3 atom stereocenters. The molecule has 1 aliphatic carbocycles. The summed E-state index contributed by atoms with van der Waals surface area (Å²) in [6.45, 7) is 9.47. The van der Waals surface area contributed by atoms with Gasteiger partial charge in [0.2, 0.25) is 0 Å². The zero-order valence-electron chi connectivity index (χ0n) is 12.5. The SMILES string of the molecule is CC(NC1CCCCC1C(C)(C)C)c1sccc1Br. The molecular weight excluding hydrogens is 318 g/mol. The molecule has 2 rings (SSSR count). The second kappa shape index (κ2) is 6.28. The summed E-state index contributed by atoms with van der Waals surface area (Å²) in [5, 5.41) is 6.07. The lowest BCUT2D eigenvalue weighted by molar-refractivity contribution is 0.124. The van der Waals surface area contributed by atoms with Crippen LogP contribution in [0.2, 0.25) is 0 Å². The van der Waals surface area contributed by atoms with Gasteiger partial charge in [0.1, 0.15) is 0 Å². The number of nitrogens with one attached hydrogen (secondary N) is 1. The quantitative estimate of drug-likeness (QED) is 0.734. The van der Waals surface area contributed by atoms with Crippen molar-refractivity contribution in [3.63, 3.8) is 0 Å². The average molecular weight is 344 g/mol. The highest BCUT2D eigenvalue weighted by Gasteiger charge is 2.34. The maximum Gasteiger partial charge on any atom is 0.0399 e. The Hall–Kier alpha value is 0.140. The van der Waals surface area contributed by atoms with Crippen molar-refractivity contribution in [3.8, 4) is 0 Å². The predicted octanol–water partition coefficient (Wildman–Crippen LogP) is 5.77. The van der Waals surface area contributed by atoms with Crippen LogP contribution in [0, 0.1) is 11.3 Å². The summed E-state index contributed by atoms with van der Waals surface area (Å²) < 4.78 is 1.25. The third-order valence-electron chi connectivity index (χ3n) is 4.38. The van der Waals surface area contributed by atoms with E-state index in [4.69, 9.17) is 0 Å². The average Bonchev–Trinajstić information content (AvgIpc) is 2.75. The Bertz CT molecular complexity index is 407. The van der Waals surface area contributed by atoms with Crippen LogP contribution in [0.1, 0.15) is 64.3 Å². The van der Waals surface area contributed by atoms with E-state index in [2.05, 4.69) is 60.4 Å². The van der Waals surface area contributed by atoms with Crippen LogP contribution in [0.5, 0.6) is 0 Å². The number of halogens is 1. The molecule has 1 N–H and O–H groups in total. The highest BCUT2D eigenvalue weighted by atomic mass is 79.9. The van der Waals surface area contributed by atoms with Gasteiger partial charge in [-0.15, -0.1) is 11.3 Å². The van der Waals surface area contributed by atoms with Gasteiger partial charge < -0.3 is 5.32 Å². The van der Waals surface area contributed by atoms with Crippen LogP contribution in [0.3, 0.4) is 0 Å². The van der Waals surface area contributed by atoms with Crippen LogP contribution < -0.4 is 5.32 Å². The Morgan fingerprint density at radius 3 is 2.58 bits per heavy atom. The van der Waals surface area contributed by atoms with Crippen LogP contribution in [-0.2, 0) is 0 Å².